The highest BCUT2D eigenvalue weighted by Gasteiger charge is 2.17. The van der Waals surface area contributed by atoms with Gasteiger partial charge in [0, 0.05) is 26.5 Å². The summed E-state index contributed by atoms with van der Waals surface area (Å²) >= 11 is 0. The van der Waals surface area contributed by atoms with E-state index in [0.717, 1.165) is 0 Å². The zero-order chi connectivity index (χ0) is 9.56. The Morgan fingerprint density at radius 2 is 2.17 bits per heavy atom. The molecule has 0 saturated carbocycles. The molecular formula is C8H17NO3. The van der Waals surface area contributed by atoms with Crippen molar-refractivity contribution in [2.45, 2.75) is 20.0 Å². The quantitative estimate of drug-likeness (QED) is 0.604. The van der Waals surface area contributed by atoms with Gasteiger partial charge in [-0.2, -0.15) is 0 Å². The second-order valence-electron chi connectivity index (χ2n) is 2.82. The Hall–Kier alpha value is -0.610. The molecule has 0 aliphatic carbocycles. The largest absolute Gasteiger partial charge is 0.461 e. The van der Waals surface area contributed by atoms with Crippen molar-refractivity contribution in [3.8, 4) is 0 Å². The van der Waals surface area contributed by atoms with Gasteiger partial charge in [0.1, 0.15) is 6.10 Å². The van der Waals surface area contributed by atoms with Gasteiger partial charge < -0.3 is 15.2 Å². The smallest absolute Gasteiger partial charge is 0.302 e. The molecule has 1 unspecified atom stereocenters. The van der Waals surface area contributed by atoms with Crippen LogP contribution in [0.5, 0.6) is 0 Å². The van der Waals surface area contributed by atoms with E-state index in [1.807, 2.05) is 6.92 Å². The van der Waals surface area contributed by atoms with Crippen LogP contribution in [0, 0.1) is 5.92 Å². The molecule has 0 fully saturated rings. The van der Waals surface area contributed by atoms with Gasteiger partial charge in [0.15, 0.2) is 0 Å². The van der Waals surface area contributed by atoms with Crippen LogP contribution in [0.4, 0.5) is 0 Å². The molecule has 2 atom stereocenters. The van der Waals surface area contributed by atoms with Gasteiger partial charge in [0.2, 0.25) is 0 Å². The molecule has 4 heteroatoms. The van der Waals surface area contributed by atoms with Crippen LogP contribution in [0.25, 0.3) is 0 Å². The molecule has 4 nitrogen and oxygen atoms in total. The molecule has 0 aromatic heterocycles. The number of nitrogens with two attached hydrogens (primary N) is 1. The number of hydrogen-bond acceptors (Lipinski definition) is 4. The predicted molar refractivity (Wildman–Crippen MR) is 45.6 cm³/mol. The van der Waals surface area contributed by atoms with Gasteiger partial charge in [0.05, 0.1) is 6.61 Å². The van der Waals surface area contributed by atoms with Crippen LogP contribution in [-0.4, -0.2) is 32.3 Å². The molecule has 0 aliphatic rings. The third kappa shape index (κ3) is 4.31. The number of carbonyl (C=O) groups excluding carboxylic acids is 1. The number of ether oxygens (including phenoxy) is 2. The molecule has 0 aromatic carbocycles. The number of carbonyl (C=O) groups is 1. The Balaban J connectivity index is 3.86. The molecule has 0 saturated heterocycles. The summed E-state index contributed by atoms with van der Waals surface area (Å²) in [5, 5.41) is 0. The summed E-state index contributed by atoms with van der Waals surface area (Å²) in [5.41, 5.74) is 5.42. The zero-order valence-electron chi connectivity index (χ0n) is 7.87. The number of rotatable bonds is 5. The Morgan fingerprint density at radius 1 is 1.58 bits per heavy atom. The first-order valence-electron chi connectivity index (χ1n) is 3.98. The molecule has 0 aliphatic heterocycles. The Labute approximate surface area is 73.0 Å². The van der Waals surface area contributed by atoms with Gasteiger partial charge in [-0.1, -0.05) is 6.92 Å². The van der Waals surface area contributed by atoms with Crippen molar-refractivity contribution in [3.63, 3.8) is 0 Å². The Morgan fingerprint density at radius 3 is 2.50 bits per heavy atom. The van der Waals surface area contributed by atoms with E-state index in [-0.39, 0.29) is 18.0 Å². The first kappa shape index (κ1) is 11.4. The summed E-state index contributed by atoms with van der Waals surface area (Å²) in [5.74, 6) is -0.155. The molecule has 2 N–H and O–H groups in total. The monoisotopic (exact) mass is 175 g/mol. The average molecular weight is 175 g/mol. The van der Waals surface area contributed by atoms with Crippen molar-refractivity contribution < 1.29 is 14.3 Å². The van der Waals surface area contributed by atoms with Crippen LogP contribution in [0.2, 0.25) is 0 Å². The normalized spacial score (nSPS) is 15.3. The van der Waals surface area contributed by atoms with Gasteiger partial charge in [-0.25, -0.2) is 0 Å². The summed E-state index contributed by atoms with van der Waals surface area (Å²) in [6.07, 6.45) is -0.234. The van der Waals surface area contributed by atoms with Crippen LogP contribution in [0.1, 0.15) is 13.8 Å². The van der Waals surface area contributed by atoms with Crippen molar-refractivity contribution in [1.82, 2.24) is 0 Å². The van der Waals surface area contributed by atoms with Gasteiger partial charge in [0.25, 0.3) is 0 Å². The third-order valence-corrected chi connectivity index (χ3v) is 1.61. The van der Waals surface area contributed by atoms with Gasteiger partial charge in [-0.15, -0.1) is 0 Å². The van der Waals surface area contributed by atoms with Gasteiger partial charge in [-0.05, 0) is 0 Å². The molecule has 0 radical (unpaired) electrons. The minimum atomic E-state index is -0.298. The van der Waals surface area contributed by atoms with Crippen molar-refractivity contribution in [3.05, 3.63) is 0 Å². The fraction of sp³-hybridized carbons (Fsp3) is 0.875. The maximum absolute atomic E-state index is 10.6. The molecule has 0 bridgehead atoms. The lowest BCUT2D eigenvalue weighted by Gasteiger charge is -2.21. The highest BCUT2D eigenvalue weighted by atomic mass is 16.5. The molecule has 0 rings (SSSR count). The van der Waals surface area contributed by atoms with Gasteiger partial charge in [-0.3, -0.25) is 4.79 Å². The number of esters is 1. The standard InChI is InChI=1S/C8H17NO3/c1-6(5-11-3)8(4-9)12-7(2)10/h6,8H,4-5,9H2,1-3H3/t6?,8-/m0/s1. The number of methoxy groups -OCH3 is 1. The molecule has 0 amide bonds. The second-order valence-corrected chi connectivity index (χ2v) is 2.82. The van der Waals surface area contributed by atoms with E-state index in [1.54, 1.807) is 7.11 Å². The Kier molecular flexibility index (Phi) is 5.66. The SMILES string of the molecule is COCC(C)[C@H](CN)OC(C)=O. The van der Waals surface area contributed by atoms with Crippen LogP contribution >= 0.6 is 0 Å². The third-order valence-electron chi connectivity index (χ3n) is 1.61. The van der Waals surface area contributed by atoms with E-state index in [0.29, 0.717) is 13.2 Å². The van der Waals surface area contributed by atoms with Crippen LogP contribution < -0.4 is 5.73 Å². The first-order chi connectivity index (χ1) is 5.61. The van der Waals surface area contributed by atoms with Crippen molar-refractivity contribution in [2.75, 3.05) is 20.3 Å². The maximum atomic E-state index is 10.6. The van der Waals surface area contributed by atoms with Crippen LogP contribution in [-0.2, 0) is 14.3 Å². The topological polar surface area (TPSA) is 61.6 Å². The summed E-state index contributed by atoms with van der Waals surface area (Å²) in [4.78, 5) is 10.6. The second kappa shape index (κ2) is 5.97. The lowest BCUT2D eigenvalue weighted by atomic mass is 10.1. The summed E-state index contributed by atoms with van der Waals surface area (Å²) in [6, 6.07) is 0. The number of hydrogen-bond donors (Lipinski definition) is 1. The minimum Gasteiger partial charge on any atom is -0.461 e. The van der Waals surface area contributed by atoms with E-state index >= 15 is 0 Å². The van der Waals surface area contributed by atoms with E-state index in [2.05, 4.69) is 0 Å². The van der Waals surface area contributed by atoms with E-state index < -0.39 is 0 Å². The molecule has 72 valence electrons. The minimum absolute atomic E-state index is 0.142. The lowest BCUT2D eigenvalue weighted by molar-refractivity contribution is -0.149. The lowest BCUT2D eigenvalue weighted by Crippen LogP contribution is -2.34. The summed E-state index contributed by atoms with van der Waals surface area (Å²) in [7, 11) is 1.61. The first-order valence-corrected chi connectivity index (χ1v) is 3.98. The summed E-state index contributed by atoms with van der Waals surface area (Å²) < 4.78 is 9.89. The molecular weight excluding hydrogens is 158 g/mol. The molecule has 0 spiro atoms. The van der Waals surface area contributed by atoms with E-state index in [1.165, 1.54) is 6.92 Å². The Bertz CT molecular complexity index is 138. The molecule has 0 aromatic rings. The maximum Gasteiger partial charge on any atom is 0.302 e. The van der Waals surface area contributed by atoms with Crippen LogP contribution in [0.3, 0.4) is 0 Å². The zero-order valence-corrected chi connectivity index (χ0v) is 7.87. The highest BCUT2D eigenvalue weighted by molar-refractivity contribution is 5.66. The molecule has 12 heavy (non-hydrogen) atoms. The highest BCUT2D eigenvalue weighted by Crippen LogP contribution is 2.06. The van der Waals surface area contributed by atoms with Crippen molar-refractivity contribution >= 4 is 5.97 Å². The van der Waals surface area contributed by atoms with Crippen LogP contribution in [0.15, 0.2) is 0 Å². The van der Waals surface area contributed by atoms with E-state index in [4.69, 9.17) is 15.2 Å². The van der Waals surface area contributed by atoms with Crippen molar-refractivity contribution in [1.29, 1.82) is 0 Å². The fourth-order valence-corrected chi connectivity index (χ4v) is 0.980. The summed E-state index contributed by atoms with van der Waals surface area (Å²) in [6.45, 7) is 4.20. The molecule has 0 heterocycles. The van der Waals surface area contributed by atoms with Gasteiger partial charge >= 0.3 is 5.97 Å². The fourth-order valence-electron chi connectivity index (χ4n) is 0.980. The predicted octanol–water partition coefficient (Wildman–Crippen LogP) is 0.159. The average Bonchev–Trinajstić information content (AvgIpc) is 2.00. The van der Waals surface area contributed by atoms with E-state index in [9.17, 15) is 4.79 Å². The van der Waals surface area contributed by atoms with Crippen molar-refractivity contribution in [2.24, 2.45) is 11.7 Å².